The van der Waals surface area contributed by atoms with Crippen LogP contribution < -0.4 is 16.4 Å². The largest absolute Gasteiger partial charge is 0.469 e. The number of anilines is 1. The number of amidine groups is 1. The SMILES string of the molecule is CC1=CNC(C)C=N1.COC(N)=Nc1c(C)ccc2ccc(NC=O)cc12. The van der Waals surface area contributed by atoms with Crippen LogP contribution in [0.4, 0.5) is 11.4 Å². The minimum Gasteiger partial charge on any atom is -0.469 e. The quantitative estimate of drug-likeness (QED) is 0.440. The zero-order chi connectivity index (χ0) is 19.8. The van der Waals surface area contributed by atoms with Crippen LogP contribution in [0.1, 0.15) is 19.4 Å². The lowest BCUT2D eigenvalue weighted by Crippen LogP contribution is -2.24. The summed E-state index contributed by atoms with van der Waals surface area (Å²) in [5, 5.41) is 7.67. The maximum Gasteiger partial charge on any atom is 0.286 e. The van der Waals surface area contributed by atoms with Gasteiger partial charge in [-0.2, -0.15) is 4.99 Å². The number of carbonyl (C=O) groups is 1. The Morgan fingerprint density at radius 3 is 2.67 bits per heavy atom. The van der Waals surface area contributed by atoms with Gasteiger partial charge in [0, 0.05) is 23.5 Å². The van der Waals surface area contributed by atoms with Crippen molar-refractivity contribution < 1.29 is 9.53 Å². The second-order valence-corrected chi connectivity index (χ2v) is 6.10. The molecule has 3 rings (SSSR count). The summed E-state index contributed by atoms with van der Waals surface area (Å²) in [6.07, 6.45) is 4.46. The van der Waals surface area contributed by atoms with Gasteiger partial charge in [0.2, 0.25) is 6.41 Å². The Labute approximate surface area is 159 Å². The van der Waals surface area contributed by atoms with Crippen molar-refractivity contribution in [2.45, 2.75) is 26.8 Å². The summed E-state index contributed by atoms with van der Waals surface area (Å²) in [6, 6.07) is 10.1. The lowest BCUT2D eigenvalue weighted by molar-refractivity contribution is -0.105. The standard InChI is InChI=1S/C14H15N3O2.C6H10N2/c1-9-3-4-10-5-6-11(16-8-18)7-12(10)13(9)17-14(15)19-2;1-5-3-8-6(2)4-7-5/h3-8H,1-2H3,(H2,15,17)(H,16,18);3-5,7H,1-2H3. The van der Waals surface area contributed by atoms with Crippen molar-refractivity contribution in [1.82, 2.24) is 5.32 Å². The minimum absolute atomic E-state index is 0.101. The van der Waals surface area contributed by atoms with E-state index in [0.717, 1.165) is 27.7 Å². The first-order chi connectivity index (χ1) is 12.9. The molecule has 4 N–H and O–H groups in total. The first kappa shape index (κ1) is 20.0. The van der Waals surface area contributed by atoms with E-state index in [2.05, 4.69) is 27.5 Å². The molecule has 0 aliphatic carbocycles. The number of fused-ring (bicyclic) bond motifs is 1. The molecule has 1 heterocycles. The highest BCUT2D eigenvalue weighted by atomic mass is 16.5. The molecule has 0 radical (unpaired) electrons. The first-order valence-electron chi connectivity index (χ1n) is 8.53. The van der Waals surface area contributed by atoms with Gasteiger partial charge in [-0.15, -0.1) is 0 Å². The van der Waals surface area contributed by atoms with E-state index in [1.807, 2.05) is 56.6 Å². The van der Waals surface area contributed by atoms with Crippen LogP contribution in [0.25, 0.3) is 10.8 Å². The molecule has 0 saturated heterocycles. The number of hydrogen-bond donors (Lipinski definition) is 3. The fraction of sp³-hybridized carbons (Fsp3) is 0.250. The van der Waals surface area contributed by atoms with Crippen LogP contribution in [0.2, 0.25) is 0 Å². The Hall–Kier alpha value is -3.35. The molecule has 27 heavy (non-hydrogen) atoms. The third kappa shape index (κ3) is 5.57. The number of benzene rings is 2. The van der Waals surface area contributed by atoms with Gasteiger partial charge in [-0.05, 0) is 43.9 Å². The van der Waals surface area contributed by atoms with Crippen molar-refractivity contribution >= 4 is 40.8 Å². The summed E-state index contributed by atoms with van der Waals surface area (Å²) in [5.74, 6) is 0. The normalized spacial score (nSPS) is 15.9. The summed E-state index contributed by atoms with van der Waals surface area (Å²) in [5.41, 5.74) is 9.10. The van der Waals surface area contributed by atoms with Crippen molar-refractivity contribution in [2.24, 2.45) is 15.7 Å². The molecular weight excluding hydrogens is 342 g/mol. The zero-order valence-corrected chi connectivity index (χ0v) is 16.0. The molecule has 2 aromatic rings. The lowest BCUT2D eigenvalue weighted by atomic mass is 10.0. The Balaban J connectivity index is 0.000000273. The Bertz CT molecular complexity index is 903. The molecule has 0 spiro atoms. The number of aryl methyl sites for hydroxylation is 1. The third-order valence-electron chi connectivity index (χ3n) is 3.91. The molecule has 7 nitrogen and oxygen atoms in total. The lowest BCUT2D eigenvalue weighted by Gasteiger charge is -2.09. The van der Waals surface area contributed by atoms with Gasteiger partial charge < -0.3 is 21.1 Å². The molecule has 0 aromatic heterocycles. The van der Waals surface area contributed by atoms with E-state index >= 15 is 0 Å². The molecule has 0 saturated carbocycles. The molecule has 1 unspecified atom stereocenters. The number of amides is 1. The third-order valence-corrected chi connectivity index (χ3v) is 3.91. The number of carbonyl (C=O) groups excluding carboxylic acids is 1. The fourth-order valence-electron chi connectivity index (χ4n) is 2.44. The number of ether oxygens (including phenoxy) is 1. The summed E-state index contributed by atoms with van der Waals surface area (Å²) in [4.78, 5) is 18.9. The van der Waals surface area contributed by atoms with Gasteiger partial charge >= 0.3 is 0 Å². The highest BCUT2D eigenvalue weighted by Crippen LogP contribution is 2.31. The Morgan fingerprint density at radius 1 is 1.33 bits per heavy atom. The predicted octanol–water partition coefficient (Wildman–Crippen LogP) is 3.22. The van der Waals surface area contributed by atoms with Crippen LogP contribution in [0.5, 0.6) is 0 Å². The van der Waals surface area contributed by atoms with Gasteiger partial charge in [-0.3, -0.25) is 9.79 Å². The predicted molar refractivity (Wildman–Crippen MR) is 112 cm³/mol. The number of aliphatic imine (C=N–C) groups is 2. The van der Waals surface area contributed by atoms with E-state index in [9.17, 15) is 4.79 Å². The first-order valence-corrected chi connectivity index (χ1v) is 8.53. The number of nitrogens with zero attached hydrogens (tertiary/aromatic N) is 2. The number of rotatable bonds is 3. The zero-order valence-electron chi connectivity index (χ0n) is 16.0. The molecule has 7 heteroatoms. The van der Waals surface area contributed by atoms with Crippen LogP contribution in [0, 0.1) is 6.92 Å². The van der Waals surface area contributed by atoms with Gasteiger partial charge in [0.05, 0.1) is 24.5 Å². The summed E-state index contributed by atoms with van der Waals surface area (Å²) >= 11 is 0. The maximum absolute atomic E-state index is 10.5. The molecule has 1 atom stereocenters. The van der Waals surface area contributed by atoms with E-state index in [4.69, 9.17) is 10.5 Å². The number of hydrogen-bond acceptors (Lipinski definition) is 5. The van der Waals surface area contributed by atoms with Gasteiger partial charge in [0.25, 0.3) is 6.02 Å². The maximum atomic E-state index is 10.5. The van der Waals surface area contributed by atoms with Gasteiger partial charge in [0.15, 0.2) is 0 Å². The smallest absolute Gasteiger partial charge is 0.286 e. The summed E-state index contributed by atoms with van der Waals surface area (Å²) < 4.78 is 4.89. The Kier molecular flexibility index (Phi) is 6.93. The molecule has 0 bridgehead atoms. The Morgan fingerprint density at radius 2 is 2.07 bits per heavy atom. The molecular formula is C20H25N5O2. The number of methoxy groups -OCH3 is 1. The van der Waals surface area contributed by atoms with E-state index < -0.39 is 0 Å². The van der Waals surface area contributed by atoms with Gasteiger partial charge in [0.1, 0.15) is 0 Å². The van der Waals surface area contributed by atoms with Gasteiger partial charge in [-0.25, -0.2) is 0 Å². The van der Waals surface area contributed by atoms with Crippen LogP contribution in [-0.2, 0) is 9.53 Å². The average Bonchev–Trinajstić information content (AvgIpc) is 2.67. The second-order valence-electron chi connectivity index (χ2n) is 6.10. The number of nitrogens with two attached hydrogens (primary N) is 1. The molecule has 1 aliphatic heterocycles. The number of allylic oxidation sites excluding steroid dienone is 1. The minimum atomic E-state index is 0.101. The summed E-state index contributed by atoms with van der Waals surface area (Å²) in [6.45, 7) is 5.98. The summed E-state index contributed by atoms with van der Waals surface area (Å²) in [7, 11) is 1.47. The highest BCUT2D eigenvalue weighted by molar-refractivity contribution is 5.98. The van der Waals surface area contributed by atoms with E-state index in [-0.39, 0.29) is 6.02 Å². The van der Waals surface area contributed by atoms with Crippen molar-refractivity contribution in [1.29, 1.82) is 0 Å². The topological polar surface area (TPSA) is 101 Å². The van der Waals surface area contributed by atoms with Crippen LogP contribution in [0.3, 0.4) is 0 Å². The van der Waals surface area contributed by atoms with Crippen molar-refractivity contribution in [3.05, 3.63) is 47.8 Å². The van der Waals surface area contributed by atoms with E-state index in [1.165, 1.54) is 7.11 Å². The average molecular weight is 367 g/mol. The molecule has 0 fully saturated rings. The van der Waals surface area contributed by atoms with E-state index in [0.29, 0.717) is 18.1 Å². The van der Waals surface area contributed by atoms with Crippen LogP contribution in [-0.4, -0.2) is 31.8 Å². The van der Waals surface area contributed by atoms with Crippen LogP contribution >= 0.6 is 0 Å². The van der Waals surface area contributed by atoms with Crippen molar-refractivity contribution in [3.63, 3.8) is 0 Å². The monoisotopic (exact) mass is 367 g/mol. The molecule has 1 amide bonds. The molecule has 1 aliphatic rings. The highest BCUT2D eigenvalue weighted by Gasteiger charge is 2.06. The second kappa shape index (κ2) is 9.38. The van der Waals surface area contributed by atoms with Crippen LogP contribution in [0.15, 0.2) is 52.2 Å². The molecule has 2 aromatic carbocycles. The number of nitrogens with one attached hydrogen (secondary N) is 2. The van der Waals surface area contributed by atoms with Gasteiger partial charge in [-0.1, -0.05) is 18.2 Å². The van der Waals surface area contributed by atoms with E-state index in [1.54, 1.807) is 0 Å². The molecule has 142 valence electrons. The fourth-order valence-corrected chi connectivity index (χ4v) is 2.44. The van der Waals surface area contributed by atoms with Crippen molar-refractivity contribution in [3.8, 4) is 0 Å². The van der Waals surface area contributed by atoms with Crippen molar-refractivity contribution in [2.75, 3.05) is 12.4 Å².